The molecule has 2 amide bonds. The Morgan fingerprint density at radius 2 is 1.64 bits per heavy atom. The van der Waals surface area contributed by atoms with Gasteiger partial charge in [0.1, 0.15) is 5.75 Å². The highest BCUT2D eigenvalue weighted by molar-refractivity contribution is 6.32. The summed E-state index contributed by atoms with van der Waals surface area (Å²) in [6.07, 6.45) is 2.36. The number of nitrogens with zero attached hydrogens (tertiary/aromatic N) is 1. The van der Waals surface area contributed by atoms with Gasteiger partial charge in [-0.25, -0.2) is 0 Å². The van der Waals surface area contributed by atoms with Gasteiger partial charge in [0.15, 0.2) is 6.10 Å². The Labute approximate surface area is 167 Å². The number of aromatic nitrogens is 1. The molecule has 1 aromatic heterocycles. The van der Waals surface area contributed by atoms with Crippen LogP contribution >= 0.6 is 11.6 Å². The number of carbonyl (C=O) groups excluding carboxylic acids is 2. The molecule has 0 fully saturated rings. The topological polar surface area (TPSA) is 80.3 Å². The van der Waals surface area contributed by atoms with E-state index < -0.39 is 6.10 Å². The summed E-state index contributed by atoms with van der Waals surface area (Å²) in [6.45, 7) is 1.64. The second-order valence-electron chi connectivity index (χ2n) is 5.95. The lowest BCUT2D eigenvalue weighted by Crippen LogP contribution is -2.30. The molecule has 2 N–H and O–H groups in total. The predicted molar refractivity (Wildman–Crippen MR) is 109 cm³/mol. The molecule has 0 aliphatic carbocycles. The maximum Gasteiger partial charge on any atom is 0.265 e. The molecule has 142 valence electrons. The first-order valence-electron chi connectivity index (χ1n) is 8.56. The van der Waals surface area contributed by atoms with Crippen LogP contribution in [0.4, 0.5) is 11.4 Å². The van der Waals surface area contributed by atoms with Crippen LogP contribution in [0.15, 0.2) is 73.1 Å². The third-order valence-corrected chi connectivity index (χ3v) is 4.16. The molecule has 0 saturated heterocycles. The summed E-state index contributed by atoms with van der Waals surface area (Å²) in [4.78, 5) is 28.4. The van der Waals surface area contributed by atoms with Crippen molar-refractivity contribution in [3.8, 4) is 5.75 Å². The lowest BCUT2D eigenvalue weighted by Gasteiger charge is -2.15. The number of amides is 2. The van der Waals surface area contributed by atoms with Crippen LogP contribution in [-0.2, 0) is 4.79 Å². The van der Waals surface area contributed by atoms with Crippen LogP contribution in [0.5, 0.6) is 5.75 Å². The lowest BCUT2D eigenvalue weighted by atomic mass is 10.2. The molecule has 1 unspecified atom stereocenters. The van der Waals surface area contributed by atoms with Crippen LogP contribution < -0.4 is 15.4 Å². The highest BCUT2D eigenvalue weighted by Gasteiger charge is 2.16. The Bertz CT molecular complexity index is 962. The minimum absolute atomic E-state index is 0.258. The Morgan fingerprint density at radius 3 is 2.29 bits per heavy atom. The second kappa shape index (κ2) is 9.01. The quantitative estimate of drug-likeness (QED) is 0.648. The van der Waals surface area contributed by atoms with E-state index in [0.717, 1.165) is 0 Å². The van der Waals surface area contributed by atoms with Gasteiger partial charge in [0.2, 0.25) is 0 Å². The minimum Gasteiger partial charge on any atom is -0.479 e. The monoisotopic (exact) mass is 395 g/mol. The summed E-state index contributed by atoms with van der Waals surface area (Å²) in [6, 6.07) is 17.1. The minimum atomic E-state index is -0.732. The van der Waals surface area contributed by atoms with E-state index in [9.17, 15) is 9.59 Å². The summed E-state index contributed by atoms with van der Waals surface area (Å²) in [7, 11) is 0. The van der Waals surface area contributed by atoms with Gasteiger partial charge in [-0.05, 0) is 55.5 Å². The van der Waals surface area contributed by atoms with E-state index >= 15 is 0 Å². The maximum absolute atomic E-state index is 12.3. The largest absolute Gasteiger partial charge is 0.479 e. The van der Waals surface area contributed by atoms with Crippen LogP contribution in [0, 0.1) is 0 Å². The summed E-state index contributed by atoms with van der Waals surface area (Å²) in [5, 5.41) is 5.97. The SMILES string of the molecule is CC(Oc1ccccc1Cl)C(=O)Nc1ccc(NC(=O)c2cccnc2)cc1. The molecule has 1 atom stereocenters. The smallest absolute Gasteiger partial charge is 0.265 e. The van der Waals surface area contributed by atoms with E-state index in [1.807, 2.05) is 0 Å². The fourth-order valence-electron chi connectivity index (χ4n) is 2.37. The number of hydrogen-bond acceptors (Lipinski definition) is 4. The molecule has 3 aromatic rings. The molecular weight excluding hydrogens is 378 g/mol. The van der Waals surface area contributed by atoms with Crippen molar-refractivity contribution in [2.75, 3.05) is 10.6 Å². The number of benzene rings is 2. The average Bonchev–Trinajstić information content (AvgIpc) is 2.71. The lowest BCUT2D eigenvalue weighted by molar-refractivity contribution is -0.122. The summed E-state index contributed by atoms with van der Waals surface area (Å²) < 4.78 is 5.60. The van der Waals surface area contributed by atoms with E-state index in [4.69, 9.17) is 16.3 Å². The Morgan fingerprint density at radius 1 is 0.964 bits per heavy atom. The Hall–Kier alpha value is -3.38. The van der Waals surface area contributed by atoms with Gasteiger partial charge in [-0.1, -0.05) is 23.7 Å². The standard InChI is InChI=1S/C21H18ClN3O3/c1-14(28-19-7-3-2-6-18(19)22)20(26)24-16-8-10-17(11-9-16)25-21(27)15-5-4-12-23-13-15/h2-14H,1H3,(H,24,26)(H,25,27). The molecule has 0 bridgehead atoms. The normalized spacial score (nSPS) is 11.4. The molecule has 28 heavy (non-hydrogen) atoms. The van der Waals surface area contributed by atoms with Gasteiger partial charge in [-0.3, -0.25) is 14.6 Å². The first kappa shape index (κ1) is 19.4. The molecule has 7 heteroatoms. The number of rotatable bonds is 6. The van der Waals surface area contributed by atoms with Crippen LogP contribution in [0.2, 0.25) is 5.02 Å². The van der Waals surface area contributed by atoms with Gasteiger partial charge in [0.25, 0.3) is 11.8 Å². The molecule has 0 saturated carbocycles. The number of carbonyl (C=O) groups is 2. The highest BCUT2D eigenvalue weighted by Crippen LogP contribution is 2.24. The van der Waals surface area contributed by atoms with Gasteiger partial charge in [0, 0.05) is 23.8 Å². The van der Waals surface area contributed by atoms with E-state index in [-0.39, 0.29) is 11.8 Å². The molecule has 2 aromatic carbocycles. The zero-order chi connectivity index (χ0) is 19.9. The highest BCUT2D eigenvalue weighted by atomic mass is 35.5. The third-order valence-electron chi connectivity index (χ3n) is 3.84. The van der Waals surface area contributed by atoms with E-state index in [0.29, 0.717) is 27.7 Å². The summed E-state index contributed by atoms with van der Waals surface area (Å²) in [5.74, 6) is -0.126. The molecule has 0 radical (unpaired) electrons. The molecule has 0 aliphatic heterocycles. The zero-order valence-electron chi connectivity index (χ0n) is 15.1. The van der Waals surface area contributed by atoms with Gasteiger partial charge >= 0.3 is 0 Å². The van der Waals surface area contributed by atoms with Crippen molar-refractivity contribution in [3.05, 3.63) is 83.6 Å². The van der Waals surface area contributed by atoms with Gasteiger partial charge < -0.3 is 15.4 Å². The van der Waals surface area contributed by atoms with Crippen LogP contribution in [0.25, 0.3) is 0 Å². The number of halogens is 1. The third kappa shape index (κ3) is 5.08. The van der Waals surface area contributed by atoms with Crippen LogP contribution in [-0.4, -0.2) is 22.9 Å². The number of anilines is 2. The molecule has 3 rings (SSSR count). The molecular formula is C21H18ClN3O3. The fraction of sp³-hybridized carbons (Fsp3) is 0.0952. The summed E-state index contributed by atoms with van der Waals surface area (Å²) in [5.41, 5.74) is 1.65. The van der Waals surface area contributed by atoms with Crippen LogP contribution in [0.3, 0.4) is 0 Å². The number of nitrogens with one attached hydrogen (secondary N) is 2. The van der Waals surface area contributed by atoms with E-state index in [2.05, 4.69) is 15.6 Å². The van der Waals surface area contributed by atoms with Crippen molar-refractivity contribution in [2.24, 2.45) is 0 Å². The first-order valence-corrected chi connectivity index (χ1v) is 8.94. The van der Waals surface area contributed by atoms with Crippen molar-refractivity contribution >= 4 is 34.8 Å². The van der Waals surface area contributed by atoms with Crippen molar-refractivity contribution in [1.29, 1.82) is 0 Å². The van der Waals surface area contributed by atoms with Gasteiger partial charge in [-0.2, -0.15) is 0 Å². The molecule has 0 spiro atoms. The zero-order valence-corrected chi connectivity index (χ0v) is 15.8. The van der Waals surface area contributed by atoms with Crippen LogP contribution in [0.1, 0.15) is 17.3 Å². The maximum atomic E-state index is 12.3. The summed E-state index contributed by atoms with van der Waals surface area (Å²) >= 11 is 6.04. The van der Waals surface area contributed by atoms with Gasteiger partial charge in [-0.15, -0.1) is 0 Å². The van der Waals surface area contributed by atoms with E-state index in [1.54, 1.807) is 73.8 Å². The Kier molecular flexibility index (Phi) is 6.24. The van der Waals surface area contributed by atoms with Crippen molar-refractivity contribution < 1.29 is 14.3 Å². The van der Waals surface area contributed by atoms with Crippen molar-refractivity contribution in [2.45, 2.75) is 13.0 Å². The molecule has 0 aliphatic rings. The fourth-order valence-corrected chi connectivity index (χ4v) is 2.55. The predicted octanol–water partition coefficient (Wildman–Crippen LogP) is 4.39. The van der Waals surface area contributed by atoms with Crippen molar-refractivity contribution in [1.82, 2.24) is 4.98 Å². The average molecular weight is 396 g/mol. The number of pyridine rings is 1. The van der Waals surface area contributed by atoms with Crippen molar-refractivity contribution in [3.63, 3.8) is 0 Å². The molecule has 6 nitrogen and oxygen atoms in total. The first-order chi connectivity index (χ1) is 13.5. The number of ether oxygens (including phenoxy) is 1. The van der Waals surface area contributed by atoms with Gasteiger partial charge in [0.05, 0.1) is 10.6 Å². The Balaban J connectivity index is 1.57. The van der Waals surface area contributed by atoms with E-state index in [1.165, 1.54) is 6.20 Å². The second-order valence-corrected chi connectivity index (χ2v) is 6.36. The number of para-hydroxylation sites is 1. The number of hydrogen-bond donors (Lipinski definition) is 2. The molecule has 1 heterocycles.